The van der Waals surface area contributed by atoms with Gasteiger partial charge in [0, 0.05) is 6.54 Å². The second-order valence-electron chi connectivity index (χ2n) is 3.14. The molecule has 1 aromatic rings. The number of rotatable bonds is 5. The minimum Gasteiger partial charge on any atom is -0.489 e. The number of nitrogens with one attached hydrogen (secondary N) is 1. The van der Waals surface area contributed by atoms with E-state index in [0.29, 0.717) is 23.4 Å². The first-order valence-electron chi connectivity index (χ1n) is 4.52. The molecule has 0 fully saturated rings. The lowest BCUT2D eigenvalue weighted by Gasteiger charge is -2.08. The van der Waals surface area contributed by atoms with Crippen LogP contribution >= 0.6 is 15.9 Å². The van der Waals surface area contributed by atoms with Gasteiger partial charge in [-0.2, -0.15) is 0 Å². The van der Waals surface area contributed by atoms with Gasteiger partial charge in [0.2, 0.25) is 0 Å². The van der Waals surface area contributed by atoms with Gasteiger partial charge in [0.05, 0.1) is 4.47 Å². The molecule has 0 bridgehead atoms. The molecule has 0 saturated carbocycles. The van der Waals surface area contributed by atoms with Crippen molar-refractivity contribution in [3.05, 3.63) is 40.6 Å². The Morgan fingerprint density at radius 2 is 2.33 bits per heavy atom. The molecular weight excluding hydrogens is 261 g/mol. The molecule has 0 saturated heterocycles. The molecule has 0 aliphatic carbocycles. The third kappa shape index (κ3) is 4.01. The summed E-state index contributed by atoms with van der Waals surface area (Å²) in [5, 5.41) is 2.98. The van der Waals surface area contributed by atoms with E-state index < -0.39 is 0 Å². The molecule has 0 spiro atoms. The highest BCUT2D eigenvalue weighted by Crippen LogP contribution is 2.21. The van der Waals surface area contributed by atoms with Crippen LogP contribution < -0.4 is 10.1 Å². The Bertz CT molecular complexity index is 354. The van der Waals surface area contributed by atoms with E-state index in [2.05, 4.69) is 27.8 Å². The minimum absolute atomic E-state index is 0.295. The van der Waals surface area contributed by atoms with Crippen LogP contribution in [0, 0.1) is 5.82 Å². The summed E-state index contributed by atoms with van der Waals surface area (Å²) in [5.74, 6) is 0.330. The van der Waals surface area contributed by atoms with Crippen molar-refractivity contribution in [2.24, 2.45) is 0 Å². The Hall–Kier alpha value is -0.870. The first-order valence-corrected chi connectivity index (χ1v) is 5.32. The number of likely N-dealkylation sites (N-methyl/N-ethyl adjacent to an activating group) is 1. The number of halogens is 2. The Morgan fingerprint density at radius 3 is 2.93 bits per heavy atom. The summed E-state index contributed by atoms with van der Waals surface area (Å²) in [5.41, 5.74) is 0.943. The molecule has 2 nitrogen and oxygen atoms in total. The van der Waals surface area contributed by atoms with Gasteiger partial charge in [-0.15, -0.1) is 0 Å². The fourth-order valence-electron chi connectivity index (χ4n) is 1.05. The van der Waals surface area contributed by atoms with Gasteiger partial charge in [0.25, 0.3) is 0 Å². The maximum atomic E-state index is 12.9. The van der Waals surface area contributed by atoms with Gasteiger partial charge in [0.15, 0.2) is 0 Å². The molecule has 15 heavy (non-hydrogen) atoms. The highest BCUT2D eigenvalue weighted by molar-refractivity contribution is 9.10. The number of ether oxygens (including phenoxy) is 1. The van der Waals surface area contributed by atoms with Crippen LogP contribution in [0.25, 0.3) is 0 Å². The van der Waals surface area contributed by atoms with Crippen molar-refractivity contribution in [1.82, 2.24) is 5.32 Å². The molecule has 1 N–H and O–H groups in total. The van der Waals surface area contributed by atoms with Crippen LogP contribution in [0.15, 0.2) is 34.8 Å². The van der Waals surface area contributed by atoms with Crippen molar-refractivity contribution < 1.29 is 9.13 Å². The van der Waals surface area contributed by atoms with Crippen molar-refractivity contribution in [2.45, 2.75) is 0 Å². The molecule has 0 aromatic heterocycles. The minimum atomic E-state index is -0.295. The smallest absolute Gasteiger partial charge is 0.137 e. The van der Waals surface area contributed by atoms with E-state index in [1.54, 1.807) is 12.1 Å². The average Bonchev–Trinajstić information content (AvgIpc) is 2.20. The maximum absolute atomic E-state index is 12.9. The van der Waals surface area contributed by atoms with Crippen LogP contribution in [-0.4, -0.2) is 20.2 Å². The molecule has 1 aromatic carbocycles. The highest BCUT2D eigenvalue weighted by Gasteiger charge is 2.01. The van der Waals surface area contributed by atoms with E-state index >= 15 is 0 Å². The monoisotopic (exact) mass is 273 g/mol. The third-order valence-electron chi connectivity index (χ3n) is 1.76. The van der Waals surface area contributed by atoms with E-state index in [0.717, 1.165) is 5.57 Å². The van der Waals surface area contributed by atoms with Crippen LogP contribution in [0.3, 0.4) is 0 Å². The van der Waals surface area contributed by atoms with Crippen LogP contribution in [0.2, 0.25) is 0 Å². The van der Waals surface area contributed by atoms with E-state index in [9.17, 15) is 4.39 Å². The van der Waals surface area contributed by atoms with Gasteiger partial charge >= 0.3 is 0 Å². The summed E-state index contributed by atoms with van der Waals surface area (Å²) in [6.07, 6.45) is 0. The van der Waals surface area contributed by atoms with Gasteiger partial charge in [0.1, 0.15) is 18.2 Å². The van der Waals surface area contributed by atoms with E-state index in [1.165, 1.54) is 6.07 Å². The Balaban J connectivity index is 2.51. The molecule has 0 aliphatic heterocycles. The van der Waals surface area contributed by atoms with E-state index in [-0.39, 0.29) is 5.82 Å². The summed E-state index contributed by atoms with van der Waals surface area (Å²) in [6, 6.07) is 4.55. The molecule has 0 atom stereocenters. The zero-order chi connectivity index (χ0) is 11.3. The zero-order valence-electron chi connectivity index (χ0n) is 8.52. The van der Waals surface area contributed by atoms with Gasteiger partial charge in [-0.1, -0.05) is 6.58 Å². The molecule has 4 heteroatoms. The summed E-state index contributed by atoms with van der Waals surface area (Å²) < 4.78 is 18.7. The van der Waals surface area contributed by atoms with Crippen molar-refractivity contribution >= 4 is 15.9 Å². The molecule has 0 heterocycles. The first kappa shape index (κ1) is 12.2. The van der Waals surface area contributed by atoms with Crippen molar-refractivity contribution in [3.8, 4) is 5.75 Å². The fourth-order valence-corrected chi connectivity index (χ4v) is 1.41. The molecule has 0 unspecified atom stereocenters. The average molecular weight is 274 g/mol. The maximum Gasteiger partial charge on any atom is 0.137 e. The second kappa shape index (κ2) is 5.88. The third-order valence-corrected chi connectivity index (χ3v) is 2.37. The normalized spacial score (nSPS) is 10.1. The Labute approximate surface area is 97.3 Å². The van der Waals surface area contributed by atoms with Crippen LogP contribution in [0.4, 0.5) is 4.39 Å². The predicted molar refractivity (Wildman–Crippen MR) is 62.7 cm³/mol. The fraction of sp³-hybridized carbons (Fsp3) is 0.273. The molecule has 1 rings (SSSR count). The van der Waals surface area contributed by atoms with Crippen LogP contribution in [0.5, 0.6) is 5.75 Å². The lowest BCUT2D eigenvalue weighted by Crippen LogP contribution is -2.14. The lowest BCUT2D eigenvalue weighted by molar-refractivity contribution is 0.348. The number of hydrogen-bond acceptors (Lipinski definition) is 2. The number of benzene rings is 1. The zero-order valence-corrected chi connectivity index (χ0v) is 10.1. The lowest BCUT2D eigenvalue weighted by atomic mass is 10.3. The predicted octanol–water partition coefficient (Wildman–Crippen LogP) is 2.74. The molecule has 0 amide bonds. The Kier molecular flexibility index (Phi) is 4.78. The first-order chi connectivity index (χ1) is 7.13. The van der Waals surface area contributed by atoms with Crippen molar-refractivity contribution in [2.75, 3.05) is 20.2 Å². The van der Waals surface area contributed by atoms with E-state index in [4.69, 9.17) is 4.74 Å². The standard InChI is InChI=1S/C11H13BrFNO/c1-8(6-14-2)7-15-9-3-4-11(13)10(12)5-9/h3-5,14H,1,6-7H2,2H3. The van der Waals surface area contributed by atoms with Gasteiger partial charge in [-0.3, -0.25) is 0 Å². The Morgan fingerprint density at radius 1 is 1.60 bits per heavy atom. The number of hydrogen-bond donors (Lipinski definition) is 1. The van der Waals surface area contributed by atoms with Crippen molar-refractivity contribution in [1.29, 1.82) is 0 Å². The topological polar surface area (TPSA) is 21.3 Å². The van der Waals surface area contributed by atoms with Gasteiger partial charge < -0.3 is 10.1 Å². The summed E-state index contributed by atoms with van der Waals surface area (Å²) in [7, 11) is 1.85. The molecule has 0 aliphatic rings. The second-order valence-corrected chi connectivity index (χ2v) is 4.00. The summed E-state index contributed by atoms with van der Waals surface area (Å²) >= 11 is 3.09. The van der Waals surface area contributed by atoms with Crippen LogP contribution in [-0.2, 0) is 0 Å². The van der Waals surface area contributed by atoms with Crippen LogP contribution in [0.1, 0.15) is 0 Å². The summed E-state index contributed by atoms with van der Waals surface area (Å²) in [4.78, 5) is 0. The molecular formula is C11H13BrFNO. The molecule has 82 valence electrons. The molecule has 0 radical (unpaired) electrons. The van der Waals surface area contributed by atoms with Crippen molar-refractivity contribution in [3.63, 3.8) is 0 Å². The quantitative estimate of drug-likeness (QED) is 0.834. The largest absolute Gasteiger partial charge is 0.489 e. The highest BCUT2D eigenvalue weighted by atomic mass is 79.9. The SMILES string of the molecule is C=C(CNC)COc1ccc(F)c(Br)c1. The van der Waals surface area contributed by atoms with Gasteiger partial charge in [-0.05, 0) is 46.7 Å². The van der Waals surface area contributed by atoms with Gasteiger partial charge in [-0.25, -0.2) is 4.39 Å². The summed E-state index contributed by atoms with van der Waals surface area (Å²) in [6.45, 7) is 4.97. The van der Waals surface area contributed by atoms with E-state index in [1.807, 2.05) is 7.05 Å².